The molecule has 1 saturated heterocycles. The smallest absolute Gasteiger partial charge is 0.335 e. The summed E-state index contributed by atoms with van der Waals surface area (Å²) in [5.74, 6) is -0.597. The number of thioether (sulfide) groups is 1. The van der Waals surface area contributed by atoms with Crippen LogP contribution in [0, 0.1) is 0 Å². The maximum absolute atomic E-state index is 11.5. The van der Waals surface area contributed by atoms with Crippen LogP contribution in [-0.2, 0) is 9.59 Å². The van der Waals surface area contributed by atoms with Crippen LogP contribution in [0.4, 0.5) is 0 Å². The third kappa shape index (κ3) is 2.65. The van der Waals surface area contributed by atoms with Gasteiger partial charge in [0.2, 0.25) is 5.91 Å². The van der Waals surface area contributed by atoms with Crippen molar-refractivity contribution in [3.05, 3.63) is 35.6 Å². The summed E-state index contributed by atoms with van der Waals surface area (Å²) in [5, 5.41) is 8.77. The summed E-state index contributed by atoms with van der Waals surface area (Å²) < 4.78 is 0.545. The molecule has 6 heteroatoms. The van der Waals surface area contributed by atoms with E-state index in [4.69, 9.17) is 17.3 Å². The Morgan fingerprint density at radius 2 is 2.29 bits per heavy atom. The molecule has 1 fully saturated rings. The lowest BCUT2D eigenvalue weighted by molar-refractivity contribution is -0.132. The minimum Gasteiger partial charge on any atom is -0.478 e. The average Bonchev–Trinajstić information content (AvgIpc) is 2.61. The first-order valence-electron chi connectivity index (χ1n) is 4.89. The summed E-state index contributed by atoms with van der Waals surface area (Å²) >= 11 is 6.38. The van der Waals surface area contributed by atoms with Gasteiger partial charge in [-0.05, 0) is 18.1 Å². The molecule has 0 unspecified atom stereocenters. The van der Waals surface area contributed by atoms with Gasteiger partial charge < -0.3 is 5.11 Å². The monoisotopic (exact) mass is 267 g/mol. The van der Waals surface area contributed by atoms with E-state index in [1.54, 1.807) is 18.4 Å². The highest BCUT2D eigenvalue weighted by molar-refractivity contribution is 8.24. The van der Waals surface area contributed by atoms with Crippen molar-refractivity contribution in [2.24, 2.45) is 0 Å². The quantitative estimate of drug-likeness (QED) is 0.772. The minimum absolute atomic E-state index is 0.0334. The van der Waals surface area contributed by atoms with E-state index < -0.39 is 5.97 Å². The molecule has 1 heterocycles. The molecule has 2 rings (SSSR count). The predicted molar refractivity (Wildman–Crippen MR) is 69.5 cm³/mol. The van der Waals surface area contributed by atoms with Crippen molar-refractivity contribution in [3.63, 3.8) is 0 Å². The molecule has 0 radical (unpaired) electrons. The van der Waals surface area contributed by atoms with Crippen molar-refractivity contribution in [3.8, 4) is 0 Å². The van der Waals surface area contributed by atoms with Gasteiger partial charge in [-0.3, -0.25) is 9.69 Å². The Balaban J connectivity index is 2.12. The molecule has 0 spiro atoms. The van der Waals surface area contributed by atoms with E-state index in [1.807, 2.05) is 0 Å². The zero-order valence-electron chi connectivity index (χ0n) is 8.75. The molecular formula is C11H9NO3S2. The number of hydrogen-bond donors (Lipinski definition) is 1. The number of hydrogen-bond acceptors (Lipinski definition) is 4. The summed E-state index contributed by atoms with van der Waals surface area (Å²) in [6.07, 6.45) is 7.01. The van der Waals surface area contributed by atoms with E-state index in [2.05, 4.69) is 0 Å². The largest absolute Gasteiger partial charge is 0.478 e. The minimum atomic E-state index is -0.941. The molecule has 1 aliphatic heterocycles. The second kappa shape index (κ2) is 4.85. The third-order valence-corrected chi connectivity index (χ3v) is 3.75. The molecule has 4 nitrogen and oxygen atoms in total. The van der Waals surface area contributed by atoms with Crippen LogP contribution in [0.3, 0.4) is 0 Å². The molecule has 0 aromatic rings. The van der Waals surface area contributed by atoms with Crippen molar-refractivity contribution >= 4 is 40.2 Å². The second-order valence-electron chi connectivity index (χ2n) is 3.52. The highest BCUT2D eigenvalue weighted by Crippen LogP contribution is 2.23. The molecule has 88 valence electrons. The normalized spacial score (nSPS) is 22.2. The Morgan fingerprint density at radius 3 is 2.76 bits per heavy atom. The van der Waals surface area contributed by atoms with E-state index in [-0.39, 0.29) is 11.5 Å². The maximum Gasteiger partial charge on any atom is 0.335 e. The van der Waals surface area contributed by atoms with E-state index >= 15 is 0 Å². The topological polar surface area (TPSA) is 57.6 Å². The van der Waals surface area contributed by atoms with Crippen LogP contribution in [0.15, 0.2) is 35.6 Å². The Labute approximate surface area is 108 Å². The Hall–Kier alpha value is -1.40. The van der Waals surface area contributed by atoms with Gasteiger partial charge >= 0.3 is 5.97 Å². The number of allylic oxidation sites excluding steroid dienone is 3. The van der Waals surface area contributed by atoms with Crippen LogP contribution in [0.2, 0.25) is 0 Å². The van der Waals surface area contributed by atoms with Crippen molar-refractivity contribution in [2.75, 3.05) is 5.75 Å². The van der Waals surface area contributed by atoms with Gasteiger partial charge in [0.25, 0.3) is 0 Å². The lowest BCUT2D eigenvalue weighted by Gasteiger charge is -2.12. The molecule has 1 amide bonds. The molecular weight excluding hydrogens is 258 g/mol. The molecule has 0 aromatic carbocycles. The molecule has 17 heavy (non-hydrogen) atoms. The molecule has 0 atom stereocenters. The second-order valence-corrected chi connectivity index (χ2v) is 5.13. The number of carboxylic acid groups (broad SMARTS) is 1. The Morgan fingerprint density at radius 1 is 1.53 bits per heavy atom. The fraction of sp³-hybridized carbons (Fsp3) is 0.182. The van der Waals surface area contributed by atoms with Crippen LogP contribution < -0.4 is 0 Å². The molecule has 1 N–H and O–H groups in total. The van der Waals surface area contributed by atoms with Gasteiger partial charge in [0.15, 0.2) is 0 Å². The average molecular weight is 267 g/mol. The fourth-order valence-corrected chi connectivity index (χ4v) is 2.48. The van der Waals surface area contributed by atoms with Crippen LogP contribution in [0.1, 0.15) is 6.42 Å². The summed E-state index contributed by atoms with van der Waals surface area (Å²) in [4.78, 5) is 23.6. The summed E-state index contributed by atoms with van der Waals surface area (Å²) in [6, 6.07) is 0. The molecule has 0 bridgehead atoms. The highest BCUT2D eigenvalue weighted by Gasteiger charge is 2.25. The molecule has 0 aromatic heterocycles. The number of aliphatic carboxylic acids is 1. The number of carboxylic acids is 1. The Kier molecular flexibility index (Phi) is 3.44. The lowest BCUT2D eigenvalue weighted by Crippen LogP contribution is -2.22. The predicted octanol–water partition coefficient (Wildman–Crippen LogP) is 1.70. The van der Waals surface area contributed by atoms with Gasteiger partial charge in [-0.15, -0.1) is 0 Å². The summed E-state index contributed by atoms with van der Waals surface area (Å²) in [7, 11) is 0. The summed E-state index contributed by atoms with van der Waals surface area (Å²) in [6.45, 7) is 0. The SMILES string of the molecule is O=C(O)C1=CCC(=CN2C(=O)CSC2=S)C=C1. The number of carbonyl (C=O) groups excluding carboxylic acids is 1. The number of rotatable bonds is 2. The first-order chi connectivity index (χ1) is 8.08. The molecule has 1 aliphatic carbocycles. The van der Waals surface area contributed by atoms with Crippen molar-refractivity contribution in [2.45, 2.75) is 6.42 Å². The summed E-state index contributed by atoms with van der Waals surface area (Å²) in [5.41, 5.74) is 1.14. The number of nitrogens with zero attached hydrogens (tertiary/aromatic N) is 1. The Bertz CT molecular complexity index is 475. The number of amides is 1. The van der Waals surface area contributed by atoms with Gasteiger partial charge in [0.05, 0.1) is 11.3 Å². The van der Waals surface area contributed by atoms with Crippen LogP contribution in [0.5, 0.6) is 0 Å². The zero-order valence-corrected chi connectivity index (χ0v) is 10.4. The van der Waals surface area contributed by atoms with Crippen molar-refractivity contribution in [1.82, 2.24) is 4.90 Å². The first kappa shape index (κ1) is 12.1. The van der Waals surface area contributed by atoms with Gasteiger partial charge in [-0.25, -0.2) is 4.79 Å². The zero-order chi connectivity index (χ0) is 12.4. The maximum atomic E-state index is 11.5. The number of thiocarbonyl (C=S) groups is 1. The van der Waals surface area contributed by atoms with E-state index in [0.29, 0.717) is 16.5 Å². The van der Waals surface area contributed by atoms with Crippen molar-refractivity contribution in [1.29, 1.82) is 0 Å². The van der Waals surface area contributed by atoms with Crippen LogP contribution >= 0.6 is 24.0 Å². The first-order valence-corrected chi connectivity index (χ1v) is 6.28. The fourth-order valence-electron chi connectivity index (χ4n) is 1.47. The van der Waals surface area contributed by atoms with E-state index in [0.717, 1.165) is 5.57 Å². The third-order valence-electron chi connectivity index (χ3n) is 2.36. The van der Waals surface area contributed by atoms with Gasteiger partial charge in [0, 0.05) is 6.20 Å². The standard InChI is InChI=1S/C11H9NO3S2/c13-9-6-17-11(16)12(9)5-7-1-3-8(4-2-7)10(14)15/h1,3-5H,2,6H2,(H,14,15). The van der Waals surface area contributed by atoms with E-state index in [1.165, 1.54) is 22.7 Å². The van der Waals surface area contributed by atoms with E-state index in [9.17, 15) is 9.59 Å². The molecule has 0 saturated carbocycles. The number of carbonyl (C=O) groups is 2. The van der Waals surface area contributed by atoms with Gasteiger partial charge in [-0.2, -0.15) is 0 Å². The van der Waals surface area contributed by atoms with Crippen LogP contribution in [0.25, 0.3) is 0 Å². The lowest BCUT2D eigenvalue weighted by atomic mass is 10.0. The van der Waals surface area contributed by atoms with Gasteiger partial charge in [-0.1, -0.05) is 36.1 Å². The molecule has 2 aliphatic rings. The highest BCUT2D eigenvalue weighted by atomic mass is 32.2. The van der Waals surface area contributed by atoms with Crippen molar-refractivity contribution < 1.29 is 14.7 Å². The van der Waals surface area contributed by atoms with Gasteiger partial charge in [0.1, 0.15) is 4.32 Å². The van der Waals surface area contributed by atoms with Crippen LogP contribution in [-0.4, -0.2) is 32.0 Å².